The van der Waals surface area contributed by atoms with Crippen LogP contribution in [-0.2, 0) is 16.6 Å². The Labute approximate surface area is 180 Å². The summed E-state index contributed by atoms with van der Waals surface area (Å²) in [6.07, 6.45) is 6.84. The molecule has 0 saturated heterocycles. The average Bonchev–Trinajstić information content (AvgIpc) is 3.35. The van der Waals surface area contributed by atoms with Gasteiger partial charge in [0.1, 0.15) is 18.2 Å². The number of benzene rings is 1. The molecule has 9 heteroatoms. The monoisotopic (exact) mass is 428 g/mol. The largest absolute Gasteiger partial charge is 0.489 e. The number of ether oxygens (including phenoxy) is 1. The average molecular weight is 429 g/mol. The summed E-state index contributed by atoms with van der Waals surface area (Å²) in [5, 5.41) is 16.7. The van der Waals surface area contributed by atoms with Crippen molar-refractivity contribution in [1.82, 2.24) is 25.9 Å². The molecule has 0 atom stereocenters. The molecule has 1 aromatic heterocycles. The van der Waals surface area contributed by atoms with Crippen LogP contribution >= 0.6 is 0 Å². The summed E-state index contributed by atoms with van der Waals surface area (Å²) in [6, 6.07) is 8.11. The molecule has 2 bridgehead atoms. The van der Waals surface area contributed by atoms with Gasteiger partial charge >= 0.3 is 0 Å². The molecular formula is C22H29FN6O2. The van der Waals surface area contributed by atoms with Crippen molar-refractivity contribution in [1.29, 1.82) is 0 Å². The molecule has 1 amide bonds. The quantitative estimate of drug-likeness (QED) is 0.564. The van der Waals surface area contributed by atoms with Crippen molar-refractivity contribution in [3.05, 3.63) is 47.6 Å². The molecule has 3 saturated carbocycles. The highest BCUT2D eigenvalue weighted by Crippen LogP contribution is 2.57. The Balaban J connectivity index is 1.32. The number of nitrogens with two attached hydrogens (primary N) is 1. The van der Waals surface area contributed by atoms with E-state index in [0.717, 1.165) is 38.5 Å². The number of carbonyl (C=O) groups excluding carboxylic acids is 1. The lowest BCUT2D eigenvalue weighted by molar-refractivity contribution is -0.137. The molecule has 1 aromatic carbocycles. The maximum Gasteiger partial charge on any atom is 0.226 e. The van der Waals surface area contributed by atoms with Crippen LogP contribution in [0.4, 0.5) is 4.39 Å². The molecule has 0 radical (unpaired) electrons. The highest BCUT2D eigenvalue weighted by molar-refractivity contribution is 5.83. The molecule has 31 heavy (non-hydrogen) atoms. The van der Waals surface area contributed by atoms with Crippen molar-refractivity contribution in [3.8, 4) is 5.75 Å². The standard InChI is InChI=1S/C22H29FN6O2/c23-13-16(14-24)15-31-18-3-1-17(2-4-18)21-6-9-22(10-7-21,11-8-21)20(30)25-12-5-19-26-28-29-27-19/h1-4,13H,5-12,14-15,24H2,(H,25,30)(H,26,27,28,29)/b16-13+. The van der Waals surface area contributed by atoms with Crippen molar-refractivity contribution in [3.63, 3.8) is 0 Å². The summed E-state index contributed by atoms with van der Waals surface area (Å²) in [5.74, 6) is 1.54. The third-order valence-corrected chi connectivity index (χ3v) is 7.07. The number of tetrazole rings is 1. The summed E-state index contributed by atoms with van der Waals surface area (Å²) in [5.41, 5.74) is 7.07. The molecule has 0 unspecified atom stereocenters. The predicted molar refractivity (Wildman–Crippen MR) is 113 cm³/mol. The number of halogens is 1. The molecule has 8 nitrogen and oxygen atoms in total. The van der Waals surface area contributed by atoms with Crippen LogP contribution in [0.3, 0.4) is 0 Å². The van der Waals surface area contributed by atoms with Crippen LogP contribution in [0.1, 0.15) is 49.9 Å². The van der Waals surface area contributed by atoms with Crippen LogP contribution in [0, 0.1) is 5.41 Å². The third-order valence-electron chi connectivity index (χ3n) is 7.07. The Morgan fingerprint density at radius 2 is 1.90 bits per heavy atom. The molecule has 166 valence electrons. The smallest absolute Gasteiger partial charge is 0.226 e. The molecule has 4 N–H and O–H groups in total. The first kappa shape index (κ1) is 21.4. The SMILES string of the molecule is NC/C(=C\F)COc1ccc(C23CCC(C(=O)NCCc4nnn[nH]4)(CC2)CC3)cc1. The van der Waals surface area contributed by atoms with Crippen molar-refractivity contribution in [2.45, 2.75) is 50.4 Å². The highest BCUT2D eigenvalue weighted by atomic mass is 19.1. The minimum atomic E-state index is -0.248. The van der Waals surface area contributed by atoms with E-state index < -0.39 is 0 Å². The maximum absolute atomic E-state index is 12.9. The Morgan fingerprint density at radius 1 is 1.19 bits per heavy atom. The summed E-state index contributed by atoms with van der Waals surface area (Å²) < 4.78 is 18.3. The van der Waals surface area contributed by atoms with Gasteiger partial charge in [0.2, 0.25) is 5.91 Å². The zero-order valence-electron chi connectivity index (χ0n) is 17.6. The van der Waals surface area contributed by atoms with E-state index in [1.807, 2.05) is 12.1 Å². The second-order valence-corrected chi connectivity index (χ2v) is 8.70. The van der Waals surface area contributed by atoms with Crippen LogP contribution in [0.25, 0.3) is 0 Å². The van der Waals surface area contributed by atoms with Gasteiger partial charge in [-0.25, -0.2) is 9.49 Å². The Hall–Kier alpha value is -2.81. The number of rotatable bonds is 9. The lowest BCUT2D eigenvalue weighted by Crippen LogP contribution is -2.51. The highest BCUT2D eigenvalue weighted by Gasteiger charge is 2.52. The summed E-state index contributed by atoms with van der Waals surface area (Å²) in [6.45, 7) is 0.833. The van der Waals surface area contributed by atoms with Crippen molar-refractivity contribution in [2.24, 2.45) is 11.1 Å². The molecule has 0 spiro atoms. The van der Waals surface area contributed by atoms with Crippen LogP contribution in [0.2, 0.25) is 0 Å². The zero-order chi connectivity index (χ0) is 21.7. The number of H-pyrrole nitrogens is 1. The van der Waals surface area contributed by atoms with Gasteiger partial charge < -0.3 is 15.8 Å². The van der Waals surface area contributed by atoms with Gasteiger partial charge in [0.15, 0.2) is 0 Å². The number of nitrogens with one attached hydrogen (secondary N) is 2. The second-order valence-electron chi connectivity index (χ2n) is 8.70. The number of aromatic amines is 1. The van der Waals surface area contributed by atoms with Gasteiger partial charge in [-0.15, -0.1) is 5.10 Å². The number of aromatic nitrogens is 4. The lowest BCUT2D eigenvalue weighted by atomic mass is 9.51. The summed E-state index contributed by atoms with van der Waals surface area (Å²) in [7, 11) is 0. The fraction of sp³-hybridized carbons (Fsp3) is 0.545. The fourth-order valence-corrected chi connectivity index (χ4v) is 4.94. The van der Waals surface area contributed by atoms with E-state index in [9.17, 15) is 9.18 Å². The molecule has 2 aromatic rings. The van der Waals surface area contributed by atoms with Crippen molar-refractivity contribution >= 4 is 5.91 Å². The van der Waals surface area contributed by atoms with Gasteiger partial charge in [-0.1, -0.05) is 12.1 Å². The first-order valence-electron chi connectivity index (χ1n) is 10.8. The first-order chi connectivity index (χ1) is 15.1. The van der Waals surface area contributed by atoms with Gasteiger partial charge in [-0.2, -0.15) is 0 Å². The van der Waals surface area contributed by atoms with Crippen LogP contribution in [0.5, 0.6) is 5.75 Å². The number of nitrogens with zero attached hydrogens (tertiary/aromatic N) is 3. The van der Waals surface area contributed by atoms with Crippen LogP contribution < -0.4 is 15.8 Å². The van der Waals surface area contributed by atoms with E-state index in [1.54, 1.807) is 0 Å². The van der Waals surface area contributed by atoms with E-state index >= 15 is 0 Å². The van der Waals surface area contributed by atoms with Gasteiger partial charge in [0.25, 0.3) is 0 Å². The summed E-state index contributed by atoms with van der Waals surface area (Å²) >= 11 is 0. The predicted octanol–water partition coefficient (Wildman–Crippen LogP) is 2.34. The fourth-order valence-electron chi connectivity index (χ4n) is 4.94. The Morgan fingerprint density at radius 3 is 2.48 bits per heavy atom. The summed E-state index contributed by atoms with van der Waals surface area (Å²) in [4.78, 5) is 12.9. The van der Waals surface area contributed by atoms with E-state index in [-0.39, 0.29) is 29.9 Å². The molecule has 3 fully saturated rings. The van der Waals surface area contributed by atoms with Gasteiger partial charge in [-0.05, 0) is 72.1 Å². The molecule has 5 rings (SSSR count). The van der Waals surface area contributed by atoms with Gasteiger partial charge in [0, 0.05) is 30.5 Å². The van der Waals surface area contributed by atoms with E-state index in [2.05, 4.69) is 38.1 Å². The van der Waals surface area contributed by atoms with Crippen LogP contribution in [0.15, 0.2) is 36.2 Å². The second kappa shape index (κ2) is 9.13. The molecule has 3 aliphatic carbocycles. The third kappa shape index (κ3) is 4.46. The minimum absolute atomic E-state index is 0.132. The van der Waals surface area contributed by atoms with E-state index in [0.29, 0.717) is 36.4 Å². The van der Waals surface area contributed by atoms with Crippen LogP contribution in [-0.4, -0.2) is 46.2 Å². The lowest BCUT2D eigenvalue weighted by Gasteiger charge is -2.52. The van der Waals surface area contributed by atoms with Crippen molar-refractivity contribution in [2.75, 3.05) is 19.7 Å². The normalized spacial score (nSPS) is 25.4. The number of carbonyl (C=O) groups is 1. The minimum Gasteiger partial charge on any atom is -0.489 e. The Kier molecular flexibility index (Phi) is 6.31. The molecular weight excluding hydrogens is 399 g/mol. The number of hydrogen-bond acceptors (Lipinski definition) is 6. The van der Waals surface area contributed by atoms with Crippen molar-refractivity contribution < 1.29 is 13.9 Å². The first-order valence-corrected chi connectivity index (χ1v) is 10.8. The molecule has 0 aliphatic heterocycles. The van der Waals surface area contributed by atoms with Gasteiger partial charge in [-0.3, -0.25) is 4.79 Å². The molecule has 3 aliphatic rings. The molecule has 1 heterocycles. The zero-order valence-corrected chi connectivity index (χ0v) is 17.6. The number of hydrogen-bond donors (Lipinski definition) is 3. The van der Waals surface area contributed by atoms with E-state index in [4.69, 9.17) is 10.5 Å². The maximum atomic E-state index is 12.9. The Bertz CT molecular complexity index is 888. The number of fused-ring (bicyclic) bond motifs is 3. The number of amides is 1. The van der Waals surface area contributed by atoms with Gasteiger partial charge in [0.05, 0.1) is 6.33 Å². The van der Waals surface area contributed by atoms with E-state index in [1.165, 1.54) is 5.56 Å². The topological polar surface area (TPSA) is 119 Å².